The van der Waals surface area contributed by atoms with Crippen LogP contribution in [0.1, 0.15) is 25.8 Å². The summed E-state index contributed by atoms with van der Waals surface area (Å²) in [5, 5.41) is 5.97. The molecule has 30 heavy (non-hydrogen) atoms. The van der Waals surface area contributed by atoms with E-state index < -0.39 is 11.7 Å². The normalized spacial score (nSPS) is 12.3. The molecular weight excluding hydrogens is 392 g/mol. The van der Waals surface area contributed by atoms with Crippen molar-refractivity contribution in [3.05, 3.63) is 53.3 Å². The van der Waals surface area contributed by atoms with Crippen LogP contribution < -0.4 is 25.8 Å². The van der Waals surface area contributed by atoms with Gasteiger partial charge in [-0.2, -0.15) is 4.98 Å². The number of hydrogen-bond donors (Lipinski definition) is 3. The van der Waals surface area contributed by atoms with Crippen LogP contribution >= 0.6 is 0 Å². The van der Waals surface area contributed by atoms with Crippen molar-refractivity contribution in [2.24, 2.45) is 0 Å². The number of benzene rings is 1. The van der Waals surface area contributed by atoms with E-state index in [1.807, 2.05) is 12.1 Å². The second-order valence-corrected chi connectivity index (χ2v) is 6.26. The molecule has 1 heterocycles. The van der Waals surface area contributed by atoms with E-state index in [0.717, 1.165) is 5.56 Å². The maximum atomic E-state index is 14.0. The number of hydrogen-bond acceptors (Lipinski definition) is 7. The van der Waals surface area contributed by atoms with E-state index in [2.05, 4.69) is 20.6 Å². The largest absolute Gasteiger partial charge is 0.497 e. The summed E-state index contributed by atoms with van der Waals surface area (Å²) in [4.78, 5) is 8.46. The molecule has 0 fully saturated rings. The summed E-state index contributed by atoms with van der Waals surface area (Å²) in [5.41, 5.74) is 6.99. The molecule has 0 saturated carbocycles. The van der Waals surface area contributed by atoms with Crippen LogP contribution in [0.25, 0.3) is 0 Å². The Morgan fingerprint density at radius 2 is 1.97 bits per heavy atom. The van der Waals surface area contributed by atoms with Crippen molar-refractivity contribution in [2.45, 2.75) is 26.8 Å². The Bertz CT molecular complexity index is 932. The van der Waals surface area contributed by atoms with Crippen LogP contribution in [0.3, 0.4) is 0 Å². The average molecular weight is 419 g/mol. The summed E-state index contributed by atoms with van der Waals surface area (Å²) in [7, 11) is 3.16. The van der Waals surface area contributed by atoms with Gasteiger partial charge in [-0.15, -0.1) is 0 Å². The van der Waals surface area contributed by atoms with Gasteiger partial charge in [0.1, 0.15) is 23.2 Å². The number of ether oxygens (including phenoxy) is 2. The molecule has 0 saturated heterocycles. The minimum Gasteiger partial charge on any atom is -0.497 e. The quantitative estimate of drug-likeness (QED) is 0.484. The van der Waals surface area contributed by atoms with Crippen molar-refractivity contribution in [3.8, 4) is 11.5 Å². The SMILES string of the molecule is C/C=C(F)\C(CNc1nc(NCc2ccc(OC)cc2OC)ncc1N)=C(\F)CC. The van der Waals surface area contributed by atoms with Crippen LogP contribution in [0, 0.1) is 0 Å². The highest BCUT2D eigenvalue weighted by Crippen LogP contribution is 2.26. The first-order valence-electron chi connectivity index (χ1n) is 9.44. The summed E-state index contributed by atoms with van der Waals surface area (Å²) >= 11 is 0. The molecule has 9 heteroatoms. The Morgan fingerprint density at radius 1 is 1.20 bits per heavy atom. The minimum absolute atomic E-state index is 0.0597. The number of nitrogens with zero attached hydrogens (tertiary/aromatic N) is 2. The van der Waals surface area contributed by atoms with Crippen molar-refractivity contribution in [1.29, 1.82) is 0 Å². The summed E-state index contributed by atoms with van der Waals surface area (Å²) < 4.78 is 38.6. The smallest absolute Gasteiger partial charge is 0.225 e. The topological polar surface area (TPSA) is 94.3 Å². The Morgan fingerprint density at radius 3 is 2.60 bits per heavy atom. The highest BCUT2D eigenvalue weighted by molar-refractivity contribution is 5.62. The molecule has 0 unspecified atom stereocenters. The predicted octanol–water partition coefficient (Wildman–Crippen LogP) is 4.61. The van der Waals surface area contributed by atoms with Gasteiger partial charge in [-0.3, -0.25) is 0 Å². The summed E-state index contributed by atoms with van der Waals surface area (Å²) in [6, 6.07) is 5.47. The van der Waals surface area contributed by atoms with Gasteiger partial charge in [0.05, 0.1) is 26.1 Å². The second-order valence-electron chi connectivity index (χ2n) is 6.26. The zero-order valence-corrected chi connectivity index (χ0v) is 17.6. The third kappa shape index (κ3) is 5.82. The van der Waals surface area contributed by atoms with E-state index in [1.165, 1.54) is 19.2 Å². The van der Waals surface area contributed by atoms with Gasteiger partial charge in [0.25, 0.3) is 0 Å². The molecule has 2 rings (SSSR count). The molecule has 0 aliphatic heterocycles. The van der Waals surface area contributed by atoms with E-state index in [1.54, 1.807) is 27.2 Å². The minimum atomic E-state index is -0.626. The van der Waals surface area contributed by atoms with Gasteiger partial charge in [0.15, 0.2) is 5.82 Å². The molecule has 0 spiro atoms. The Kier molecular flexibility index (Phi) is 8.40. The number of rotatable bonds is 10. The van der Waals surface area contributed by atoms with E-state index in [4.69, 9.17) is 15.2 Å². The highest BCUT2D eigenvalue weighted by atomic mass is 19.1. The number of nitrogen functional groups attached to an aromatic ring is 1. The fourth-order valence-corrected chi connectivity index (χ4v) is 2.66. The predicted molar refractivity (Wildman–Crippen MR) is 115 cm³/mol. The molecule has 0 aliphatic rings. The standard InChI is InChI=1S/C21H27F2N5O2/c1-5-16(22)15(17(23)6-2)11-25-20-18(24)12-27-21(28-20)26-10-13-7-8-14(29-3)9-19(13)30-4/h5,7-9,12H,6,10-11,24H2,1-4H3,(H2,25,26,27,28)/b16-5+,17-15+. The van der Waals surface area contributed by atoms with Crippen LogP contribution in [0.4, 0.5) is 26.2 Å². The molecule has 0 radical (unpaired) electrons. The molecule has 0 bridgehead atoms. The summed E-state index contributed by atoms with van der Waals surface area (Å²) in [6.07, 6.45) is 2.73. The van der Waals surface area contributed by atoms with Crippen LogP contribution in [0.15, 0.2) is 47.7 Å². The second kappa shape index (κ2) is 11.0. The maximum Gasteiger partial charge on any atom is 0.225 e. The van der Waals surface area contributed by atoms with Gasteiger partial charge in [-0.1, -0.05) is 13.0 Å². The van der Waals surface area contributed by atoms with Gasteiger partial charge < -0.3 is 25.8 Å². The molecule has 0 aliphatic carbocycles. The van der Waals surface area contributed by atoms with Crippen molar-refractivity contribution < 1.29 is 18.3 Å². The van der Waals surface area contributed by atoms with E-state index in [-0.39, 0.29) is 30.0 Å². The Balaban J connectivity index is 2.14. The van der Waals surface area contributed by atoms with Crippen LogP contribution in [0.5, 0.6) is 11.5 Å². The fraction of sp³-hybridized carbons (Fsp3) is 0.333. The lowest BCUT2D eigenvalue weighted by molar-refractivity contribution is 0.391. The number of halogens is 2. The van der Waals surface area contributed by atoms with Gasteiger partial charge in [-0.25, -0.2) is 13.8 Å². The van der Waals surface area contributed by atoms with Crippen molar-refractivity contribution in [2.75, 3.05) is 37.1 Å². The van der Waals surface area contributed by atoms with Crippen molar-refractivity contribution >= 4 is 17.5 Å². The molecule has 162 valence electrons. The first-order valence-corrected chi connectivity index (χ1v) is 9.44. The summed E-state index contributed by atoms with van der Waals surface area (Å²) in [6.45, 7) is 3.42. The molecule has 7 nitrogen and oxygen atoms in total. The number of aromatic nitrogens is 2. The zero-order valence-electron chi connectivity index (χ0n) is 17.6. The monoisotopic (exact) mass is 419 g/mol. The maximum absolute atomic E-state index is 14.0. The first kappa shape index (κ1) is 22.9. The third-order valence-electron chi connectivity index (χ3n) is 4.36. The molecule has 0 atom stereocenters. The lowest BCUT2D eigenvalue weighted by Crippen LogP contribution is -2.12. The number of allylic oxidation sites excluding steroid dienone is 2. The number of nitrogens with two attached hydrogens (primary N) is 1. The highest BCUT2D eigenvalue weighted by Gasteiger charge is 2.13. The number of anilines is 3. The molecule has 4 N–H and O–H groups in total. The van der Waals surface area contributed by atoms with Gasteiger partial charge in [0, 0.05) is 30.3 Å². The van der Waals surface area contributed by atoms with E-state index in [0.29, 0.717) is 24.0 Å². The molecule has 1 aromatic carbocycles. The van der Waals surface area contributed by atoms with Crippen LogP contribution in [-0.2, 0) is 6.54 Å². The molecule has 0 amide bonds. The molecule has 1 aromatic heterocycles. The van der Waals surface area contributed by atoms with Crippen LogP contribution in [-0.4, -0.2) is 30.7 Å². The number of methoxy groups -OCH3 is 2. The molecular formula is C21H27F2N5O2. The van der Waals surface area contributed by atoms with E-state index in [9.17, 15) is 8.78 Å². The van der Waals surface area contributed by atoms with Crippen molar-refractivity contribution in [3.63, 3.8) is 0 Å². The fourth-order valence-electron chi connectivity index (χ4n) is 2.66. The van der Waals surface area contributed by atoms with Gasteiger partial charge in [-0.05, 0) is 25.5 Å². The first-order chi connectivity index (χ1) is 14.4. The third-order valence-corrected chi connectivity index (χ3v) is 4.36. The lowest BCUT2D eigenvalue weighted by atomic mass is 10.1. The average Bonchev–Trinajstić information content (AvgIpc) is 2.78. The Hall–Kier alpha value is -3.36. The Labute approximate surface area is 175 Å². The summed E-state index contributed by atoms with van der Waals surface area (Å²) in [5.74, 6) is 0.761. The van der Waals surface area contributed by atoms with Gasteiger partial charge in [0.2, 0.25) is 5.95 Å². The molecule has 2 aromatic rings. The van der Waals surface area contributed by atoms with E-state index >= 15 is 0 Å². The van der Waals surface area contributed by atoms with Crippen LogP contribution in [0.2, 0.25) is 0 Å². The lowest BCUT2D eigenvalue weighted by Gasteiger charge is -2.14. The zero-order chi connectivity index (χ0) is 22.1. The number of nitrogens with one attached hydrogen (secondary N) is 2. The van der Waals surface area contributed by atoms with Crippen molar-refractivity contribution in [1.82, 2.24) is 9.97 Å². The van der Waals surface area contributed by atoms with Gasteiger partial charge >= 0.3 is 0 Å².